The number of rotatable bonds is 8. The van der Waals surface area contributed by atoms with E-state index in [1.54, 1.807) is 0 Å². The minimum Gasteiger partial charge on any atom is -0.352 e. The first-order valence-corrected chi connectivity index (χ1v) is 10.6. The van der Waals surface area contributed by atoms with Gasteiger partial charge in [0.15, 0.2) is 10.6 Å². The normalized spacial score (nSPS) is 17.9. The molecule has 2 aliphatic rings. The lowest BCUT2D eigenvalue weighted by molar-refractivity contribution is -0.122. The van der Waals surface area contributed by atoms with Crippen LogP contribution in [0.2, 0.25) is 0 Å². The van der Waals surface area contributed by atoms with Gasteiger partial charge in [0, 0.05) is 44.3 Å². The summed E-state index contributed by atoms with van der Waals surface area (Å²) in [6.07, 6.45) is 4.10. The number of carbonyl (C=O) groups excluding carboxylic acids is 1. The van der Waals surface area contributed by atoms with E-state index in [2.05, 4.69) is 21.7 Å². The van der Waals surface area contributed by atoms with Gasteiger partial charge in [-0.05, 0) is 25.1 Å². The molecule has 1 aromatic carbocycles. The second kappa shape index (κ2) is 9.02. The van der Waals surface area contributed by atoms with Gasteiger partial charge in [-0.2, -0.15) is 5.10 Å². The van der Waals surface area contributed by atoms with Gasteiger partial charge in [0.2, 0.25) is 5.91 Å². The van der Waals surface area contributed by atoms with Crippen LogP contribution in [0.25, 0.3) is 11.4 Å². The van der Waals surface area contributed by atoms with E-state index in [1.165, 1.54) is 0 Å². The van der Waals surface area contributed by atoms with Gasteiger partial charge >= 0.3 is 0 Å². The highest BCUT2D eigenvalue weighted by Gasteiger charge is 2.25. The summed E-state index contributed by atoms with van der Waals surface area (Å²) in [6, 6.07) is 10.5. The maximum Gasteiger partial charge on any atom is 0.234 e. The third kappa shape index (κ3) is 5.01. The van der Waals surface area contributed by atoms with Gasteiger partial charge in [0.05, 0.1) is 13.2 Å². The predicted molar refractivity (Wildman–Crippen MR) is 116 cm³/mol. The van der Waals surface area contributed by atoms with E-state index in [0.29, 0.717) is 30.6 Å². The second-order valence-electron chi connectivity index (χ2n) is 7.75. The largest absolute Gasteiger partial charge is 0.352 e. The molecule has 1 aliphatic heterocycles. The highest BCUT2D eigenvalue weighted by atomic mass is 32.1. The zero-order valence-corrected chi connectivity index (χ0v) is 17.5. The Morgan fingerprint density at radius 3 is 2.52 bits per heavy atom. The zero-order chi connectivity index (χ0) is 20.2. The van der Waals surface area contributed by atoms with Crippen molar-refractivity contribution in [2.75, 3.05) is 32.7 Å². The van der Waals surface area contributed by atoms with Gasteiger partial charge in [-0.15, -0.1) is 6.58 Å². The Labute approximate surface area is 176 Å². The monoisotopic (exact) mass is 412 g/mol. The van der Waals surface area contributed by atoms with Crippen molar-refractivity contribution in [3.8, 4) is 11.4 Å². The molecule has 2 fully saturated rings. The van der Waals surface area contributed by atoms with Crippen LogP contribution in [0, 0.1) is 4.77 Å². The van der Waals surface area contributed by atoms with Crippen LogP contribution in [0.3, 0.4) is 0 Å². The van der Waals surface area contributed by atoms with Crippen LogP contribution in [0.15, 0.2) is 43.0 Å². The maximum absolute atomic E-state index is 12.0. The van der Waals surface area contributed by atoms with Crippen molar-refractivity contribution in [2.24, 2.45) is 0 Å². The molecule has 4 rings (SSSR count). The lowest BCUT2D eigenvalue weighted by atomic mass is 10.2. The first-order valence-electron chi connectivity index (χ1n) is 10.2. The molecule has 0 atom stereocenters. The minimum absolute atomic E-state index is 0.152. The molecular weight excluding hydrogens is 384 g/mol. The number of nitrogens with one attached hydrogen (secondary N) is 1. The quantitative estimate of drug-likeness (QED) is 0.532. The first-order chi connectivity index (χ1) is 14.1. The second-order valence-corrected chi connectivity index (χ2v) is 8.11. The molecule has 29 heavy (non-hydrogen) atoms. The fraction of sp³-hybridized carbons (Fsp3) is 0.476. The SMILES string of the molecule is C=CCn1c(-c2ccccc2)nn(CN2CCN(CC(=O)NC3CC3)CC2)c1=S. The summed E-state index contributed by atoms with van der Waals surface area (Å²) in [6.45, 7) is 9.19. The Kier molecular flexibility index (Phi) is 6.22. The van der Waals surface area contributed by atoms with E-state index < -0.39 is 0 Å². The van der Waals surface area contributed by atoms with Crippen molar-refractivity contribution >= 4 is 18.1 Å². The Balaban J connectivity index is 1.39. The zero-order valence-electron chi connectivity index (χ0n) is 16.7. The third-order valence-corrected chi connectivity index (χ3v) is 5.81. The highest BCUT2D eigenvalue weighted by Crippen LogP contribution is 2.19. The molecule has 1 N–H and O–H groups in total. The number of hydrogen-bond acceptors (Lipinski definition) is 5. The fourth-order valence-electron chi connectivity index (χ4n) is 3.61. The van der Waals surface area contributed by atoms with Crippen LogP contribution in [-0.2, 0) is 18.0 Å². The number of benzene rings is 1. The molecule has 8 heteroatoms. The number of carbonyl (C=O) groups is 1. The van der Waals surface area contributed by atoms with E-state index in [-0.39, 0.29) is 5.91 Å². The molecule has 1 aromatic heterocycles. The van der Waals surface area contributed by atoms with Crippen molar-refractivity contribution < 1.29 is 4.79 Å². The Morgan fingerprint density at radius 2 is 1.86 bits per heavy atom. The van der Waals surface area contributed by atoms with E-state index >= 15 is 0 Å². The molecule has 0 spiro atoms. The van der Waals surface area contributed by atoms with E-state index in [9.17, 15) is 4.79 Å². The number of hydrogen-bond donors (Lipinski definition) is 1. The molecule has 154 valence electrons. The van der Waals surface area contributed by atoms with Crippen LogP contribution < -0.4 is 5.32 Å². The molecule has 1 saturated heterocycles. The molecule has 1 saturated carbocycles. The smallest absolute Gasteiger partial charge is 0.234 e. The van der Waals surface area contributed by atoms with E-state index in [4.69, 9.17) is 17.3 Å². The summed E-state index contributed by atoms with van der Waals surface area (Å²) in [7, 11) is 0. The van der Waals surface area contributed by atoms with Crippen LogP contribution in [0.1, 0.15) is 12.8 Å². The molecule has 0 unspecified atom stereocenters. The van der Waals surface area contributed by atoms with Gasteiger partial charge in [-0.25, -0.2) is 4.68 Å². The number of piperazine rings is 1. The van der Waals surface area contributed by atoms with E-state index in [0.717, 1.165) is 50.4 Å². The third-order valence-electron chi connectivity index (χ3n) is 5.38. The molecule has 2 heterocycles. The average molecular weight is 413 g/mol. The van der Waals surface area contributed by atoms with Crippen LogP contribution in [-0.4, -0.2) is 68.8 Å². The van der Waals surface area contributed by atoms with Gasteiger partial charge in [0.25, 0.3) is 0 Å². The van der Waals surface area contributed by atoms with Crippen molar-refractivity contribution in [3.63, 3.8) is 0 Å². The van der Waals surface area contributed by atoms with Crippen LogP contribution in [0.4, 0.5) is 0 Å². The van der Waals surface area contributed by atoms with Gasteiger partial charge in [0.1, 0.15) is 0 Å². The minimum atomic E-state index is 0.152. The molecule has 1 aliphatic carbocycles. The van der Waals surface area contributed by atoms with Gasteiger partial charge in [-0.1, -0.05) is 36.4 Å². The van der Waals surface area contributed by atoms with E-state index in [1.807, 2.05) is 45.7 Å². The molecule has 1 amide bonds. The van der Waals surface area contributed by atoms with Crippen molar-refractivity contribution in [1.29, 1.82) is 0 Å². The fourth-order valence-corrected chi connectivity index (χ4v) is 3.87. The summed E-state index contributed by atoms with van der Waals surface area (Å²) in [5.74, 6) is 1.02. The van der Waals surface area contributed by atoms with Gasteiger partial charge in [-0.3, -0.25) is 19.2 Å². The molecule has 7 nitrogen and oxygen atoms in total. The summed E-state index contributed by atoms with van der Waals surface area (Å²) >= 11 is 5.70. The lowest BCUT2D eigenvalue weighted by Crippen LogP contribution is -2.49. The Bertz CT molecular complexity index is 909. The molecule has 0 radical (unpaired) electrons. The maximum atomic E-state index is 12.0. The van der Waals surface area contributed by atoms with Crippen LogP contribution >= 0.6 is 12.2 Å². The summed E-state index contributed by atoms with van der Waals surface area (Å²) in [4.78, 5) is 16.6. The predicted octanol–water partition coefficient (Wildman–Crippen LogP) is 2.12. The highest BCUT2D eigenvalue weighted by molar-refractivity contribution is 7.71. The van der Waals surface area contributed by atoms with Gasteiger partial charge < -0.3 is 5.32 Å². The molecule has 2 aromatic rings. The van der Waals surface area contributed by atoms with Crippen LogP contribution in [0.5, 0.6) is 0 Å². The summed E-state index contributed by atoms with van der Waals surface area (Å²) in [5, 5.41) is 7.87. The Morgan fingerprint density at radius 1 is 1.17 bits per heavy atom. The number of allylic oxidation sites excluding steroid dienone is 1. The van der Waals surface area contributed by atoms with Crippen molar-refractivity contribution in [1.82, 2.24) is 29.5 Å². The number of aromatic nitrogens is 3. The summed E-state index contributed by atoms with van der Waals surface area (Å²) in [5.41, 5.74) is 1.05. The number of amides is 1. The number of nitrogens with zero attached hydrogens (tertiary/aromatic N) is 5. The summed E-state index contributed by atoms with van der Waals surface area (Å²) < 4.78 is 4.63. The molecular formula is C21H28N6OS. The average Bonchev–Trinajstić information content (AvgIpc) is 3.49. The first kappa shape index (κ1) is 20.0. The van der Waals surface area contributed by atoms with Crippen molar-refractivity contribution in [2.45, 2.75) is 32.1 Å². The standard InChI is InChI=1S/C21H28N6OS/c1-2-10-26-20(17-6-4-3-5-7-17)23-27(21(26)29)16-25-13-11-24(12-14-25)15-19(28)22-18-8-9-18/h2-7,18H,1,8-16H2,(H,22,28). The van der Waals surface area contributed by atoms with Crippen molar-refractivity contribution in [3.05, 3.63) is 47.8 Å². The topological polar surface area (TPSA) is 58.3 Å². The Hall–Kier alpha value is -2.29. The lowest BCUT2D eigenvalue weighted by Gasteiger charge is -2.33. The molecule has 0 bridgehead atoms.